The number of likely N-dealkylation sites (tertiary alicyclic amines) is 1. The van der Waals surface area contributed by atoms with E-state index in [0.29, 0.717) is 42.9 Å². The summed E-state index contributed by atoms with van der Waals surface area (Å²) in [5.41, 5.74) is 1.52. The smallest absolute Gasteiger partial charge is 0.194 e. The van der Waals surface area contributed by atoms with Crippen LogP contribution in [-0.4, -0.2) is 49.5 Å². The van der Waals surface area contributed by atoms with Crippen LogP contribution in [0.5, 0.6) is 5.75 Å². The molecule has 0 spiro atoms. The third kappa shape index (κ3) is 3.06. The Kier molecular flexibility index (Phi) is 4.44. The van der Waals surface area contributed by atoms with E-state index in [-0.39, 0.29) is 12.6 Å². The van der Waals surface area contributed by atoms with Gasteiger partial charge in [-0.15, -0.1) is 0 Å². The van der Waals surface area contributed by atoms with Crippen molar-refractivity contribution >= 4 is 5.96 Å². The second-order valence-electron chi connectivity index (χ2n) is 7.86. The zero-order chi connectivity index (χ0) is 18.4. The number of nitrogens with one attached hydrogen (secondary N) is 1. The SMILES string of the molecule is CCNC(=NCc1cc(F)cc2c1OCOC2)N1CC2C3CCC(O3)C2C1. The van der Waals surface area contributed by atoms with Crippen molar-refractivity contribution in [2.45, 2.75) is 45.1 Å². The molecule has 0 saturated carbocycles. The van der Waals surface area contributed by atoms with Crippen LogP contribution >= 0.6 is 0 Å². The standard InChI is InChI=1S/C20H26FN3O3/c1-2-22-20(24-8-15-16(9-24)18-4-3-17(15)27-18)23-7-12-5-14(21)6-13-10-25-11-26-19(12)13/h5-6,15-18H,2-4,7-11H2,1H3,(H,22,23). The highest BCUT2D eigenvalue weighted by atomic mass is 19.1. The number of halogens is 1. The summed E-state index contributed by atoms with van der Waals surface area (Å²) < 4.78 is 30.9. The lowest BCUT2D eigenvalue weighted by Crippen LogP contribution is -2.41. The summed E-state index contributed by atoms with van der Waals surface area (Å²) in [5.74, 6) is 2.58. The number of hydrogen-bond donors (Lipinski definition) is 1. The van der Waals surface area contributed by atoms with Gasteiger partial charge in [0.15, 0.2) is 12.8 Å². The van der Waals surface area contributed by atoms with Gasteiger partial charge in [-0.3, -0.25) is 0 Å². The Hall–Kier alpha value is -1.86. The molecule has 3 fully saturated rings. The van der Waals surface area contributed by atoms with Crippen LogP contribution in [0.25, 0.3) is 0 Å². The Bertz CT molecular complexity index is 738. The van der Waals surface area contributed by atoms with Gasteiger partial charge < -0.3 is 24.4 Å². The molecule has 1 aromatic rings. The normalized spacial score (nSPS) is 31.6. The number of aliphatic imine (C=N–C) groups is 1. The summed E-state index contributed by atoms with van der Waals surface area (Å²) in [5, 5.41) is 3.40. The van der Waals surface area contributed by atoms with Crippen LogP contribution in [-0.2, 0) is 22.6 Å². The number of rotatable bonds is 3. The molecule has 146 valence electrons. The molecule has 6 nitrogen and oxygen atoms in total. The predicted octanol–water partition coefficient (Wildman–Crippen LogP) is 2.27. The van der Waals surface area contributed by atoms with Gasteiger partial charge in [-0.05, 0) is 31.9 Å². The minimum atomic E-state index is -0.275. The van der Waals surface area contributed by atoms with E-state index < -0.39 is 0 Å². The van der Waals surface area contributed by atoms with E-state index in [2.05, 4.69) is 17.1 Å². The summed E-state index contributed by atoms with van der Waals surface area (Å²) in [6, 6.07) is 2.99. The zero-order valence-electron chi connectivity index (χ0n) is 15.6. The van der Waals surface area contributed by atoms with Crippen LogP contribution in [0.15, 0.2) is 17.1 Å². The molecule has 4 aliphatic rings. The maximum Gasteiger partial charge on any atom is 0.194 e. The van der Waals surface area contributed by atoms with E-state index in [4.69, 9.17) is 19.2 Å². The molecule has 7 heteroatoms. The van der Waals surface area contributed by atoms with Crippen molar-refractivity contribution in [3.63, 3.8) is 0 Å². The minimum Gasteiger partial charge on any atom is -0.467 e. The van der Waals surface area contributed by atoms with Crippen molar-refractivity contribution in [1.29, 1.82) is 0 Å². The number of nitrogens with zero attached hydrogens (tertiary/aromatic N) is 2. The van der Waals surface area contributed by atoms with Gasteiger partial charge in [0.1, 0.15) is 11.6 Å². The van der Waals surface area contributed by atoms with E-state index in [1.807, 2.05) is 0 Å². The maximum absolute atomic E-state index is 14.0. The van der Waals surface area contributed by atoms with Crippen LogP contribution in [0.1, 0.15) is 30.9 Å². The van der Waals surface area contributed by atoms with Crippen LogP contribution in [0.4, 0.5) is 4.39 Å². The lowest BCUT2D eigenvalue weighted by molar-refractivity contribution is -0.0172. The summed E-state index contributed by atoms with van der Waals surface area (Å²) in [6.07, 6.45) is 3.25. The van der Waals surface area contributed by atoms with Gasteiger partial charge in [-0.2, -0.15) is 0 Å². The first-order valence-corrected chi connectivity index (χ1v) is 9.93. The van der Waals surface area contributed by atoms with Crippen molar-refractivity contribution in [2.75, 3.05) is 26.4 Å². The van der Waals surface area contributed by atoms with E-state index >= 15 is 0 Å². The Balaban J connectivity index is 1.36. The molecule has 0 radical (unpaired) electrons. The second kappa shape index (κ2) is 6.95. The molecule has 27 heavy (non-hydrogen) atoms. The number of benzene rings is 1. The number of fused-ring (bicyclic) bond motifs is 6. The average Bonchev–Trinajstić information content (AvgIpc) is 3.37. The third-order valence-corrected chi connectivity index (χ3v) is 6.24. The molecule has 1 N–H and O–H groups in total. The third-order valence-electron chi connectivity index (χ3n) is 6.24. The summed E-state index contributed by atoms with van der Waals surface area (Å²) in [4.78, 5) is 7.17. The van der Waals surface area contributed by atoms with Crippen molar-refractivity contribution in [2.24, 2.45) is 16.8 Å². The summed E-state index contributed by atoms with van der Waals surface area (Å²) in [7, 11) is 0. The molecule has 4 heterocycles. The largest absolute Gasteiger partial charge is 0.467 e. The van der Waals surface area contributed by atoms with Gasteiger partial charge in [0.2, 0.25) is 0 Å². The molecule has 0 aliphatic carbocycles. The van der Waals surface area contributed by atoms with Crippen molar-refractivity contribution in [3.8, 4) is 5.75 Å². The fourth-order valence-corrected chi connectivity index (χ4v) is 5.09. The van der Waals surface area contributed by atoms with Crippen molar-refractivity contribution in [3.05, 3.63) is 29.1 Å². The van der Waals surface area contributed by atoms with Crippen LogP contribution < -0.4 is 10.1 Å². The Morgan fingerprint density at radius 1 is 1.26 bits per heavy atom. The summed E-state index contributed by atoms with van der Waals surface area (Å²) >= 11 is 0. The first-order chi connectivity index (χ1) is 13.2. The van der Waals surface area contributed by atoms with Gasteiger partial charge >= 0.3 is 0 Å². The fourth-order valence-electron chi connectivity index (χ4n) is 5.09. The molecule has 1 aromatic carbocycles. The van der Waals surface area contributed by atoms with Crippen LogP contribution in [0, 0.1) is 17.7 Å². The van der Waals surface area contributed by atoms with Crippen molar-refractivity contribution < 1.29 is 18.6 Å². The Morgan fingerprint density at radius 3 is 2.78 bits per heavy atom. The molecule has 2 bridgehead atoms. The van der Waals surface area contributed by atoms with E-state index in [1.165, 1.54) is 25.0 Å². The topological polar surface area (TPSA) is 55.3 Å². The average molecular weight is 375 g/mol. The first kappa shape index (κ1) is 17.3. The Labute approximate surface area is 158 Å². The van der Waals surface area contributed by atoms with E-state index in [1.54, 1.807) is 0 Å². The van der Waals surface area contributed by atoms with Gasteiger partial charge in [0.25, 0.3) is 0 Å². The molecule has 4 aliphatic heterocycles. The van der Waals surface area contributed by atoms with Crippen LogP contribution in [0.3, 0.4) is 0 Å². The van der Waals surface area contributed by atoms with Gasteiger partial charge in [-0.1, -0.05) is 0 Å². The molecular weight excluding hydrogens is 349 g/mol. The van der Waals surface area contributed by atoms with Crippen LogP contribution in [0.2, 0.25) is 0 Å². The molecule has 0 aromatic heterocycles. The van der Waals surface area contributed by atoms with Gasteiger partial charge in [0, 0.05) is 42.6 Å². The van der Waals surface area contributed by atoms with E-state index in [9.17, 15) is 4.39 Å². The second-order valence-corrected chi connectivity index (χ2v) is 7.86. The summed E-state index contributed by atoms with van der Waals surface area (Å²) in [6.45, 7) is 5.82. The van der Waals surface area contributed by atoms with Crippen molar-refractivity contribution in [1.82, 2.24) is 10.2 Å². The molecule has 4 atom stereocenters. The number of ether oxygens (including phenoxy) is 3. The lowest BCUT2D eigenvalue weighted by Gasteiger charge is -2.24. The quantitative estimate of drug-likeness (QED) is 0.649. The molecule has 0 amide bonds. The highest BCUT2D eigenvalue weighted by Crippen LogP contribution is 2.47. The first-order valence-electron chi connectivity index (χ1n) is 9.93. The Morgan fingerprint density at radius 2 is 2.04 bits per heavy atom. The number of guanidine groups is 1. The monoisotopic (exact) mass is 375 g/mol. The molecule has 3 saturated heterocycles. The number of hydrogen-bond acceptors (Lipinski definition) is 4. The maximum atomic E-state index is 14.0. The fraction of sp³-hybridized carbons (Fsp3) is 0.650. The highest BCUT2D eigenvalue weighted by molar-refractivity contribution is 5.80. The highest BCUT2D eigenvalue weighted by Gasteiger charge is 2.53. The van der Waals surface area contributed by atoms with E-state index in [0.717, 1.165) is 36.7 Å². The molecule has 4 unspecified atom stereocenters. The molecule has 5 rings (SSSR count). The van der Waals surface area contributed by atoms with Gasteiger partial charge in [-0.25, -0.2) is 9.38 Å². The molecular formula is C20H26FN3O3. The zero-order valence-corrected chi connectivity index (χ0v) is 15.6. The predicted molar refractivity (Wildman–Crippen MR) is 97.9 cm³/mol. The van der Waals surface area contributed by atoms with Gasteiger partial charge in [0.05, 0.1) is 25.4 Å². The minimum absolute atomic E-state index is 0.202. The lowest BCUT2D eigenvalue weighted by atomic mass is 9.82.